The molecule has 0 spiro atoms. The minimum Gasteiger partial charge on any atom is -0.297 e. The molecule has 0 saturated carbocycles. The highest BCUT2D eigenvalue weighted by molar-refractivity contribution is 7.09. The number of thiazole rings is 1. The summed E-state index contributed by atoms with van der Waals surface area (Å²) in [5.74, 6) is -0.322. The monoisotopic (exact) mass is 355 g/mol. The molecular weight excluding hydrogens is 334 g/mol. The SMILES string of the molecule is Cc1ncsc1CN1C[C@@H]2C(=O)N(CCc3ccccc3)C(=O)[C@@H]2C1. The second-order valence-electron chi connectivity index (χ2n) is 6.83. The van der Waals surface area contributed by atoms with Gasteiger partial charge in [0.25, 0.3) is 0 Å². The largest absolute Gasteiger partial charge is 0.297 e. The van der Waals surface area contributed by atoms with Gasteiger partial charge in [-0.05, 0) is 18.9 Å². The smallest absolute Gasteiger partial charge is 0.234 e. The third-order valence-electron chi connectivity index (χ3n) is 5.24. The molecule has 2 fully saturated rings. The Hall–Kier alpha value is -2.05. The molecule has 2 amide bonds. The zero-order valence-corrected chi connectivity index (χ0v) is 15.0. The van der Waals surface area contributed by atoms with Crippen LogP contribution in [0.3, 0.4) is 0 Å². The van der Waals surface area contributed by atoms with E-state index in [9.17, 15) is 9.59 Å². The first-order valence-electron chi connectivity index (χ1n) is 8.64. The minimum atomic E-state index is -0.170. The van der Waals surface area contributed by atoms with Gasteiger partial charge in [-0.15, -0.1) is 11.3 Å². The van der Waals surface area contributed by atoms with Crippen LogP contribution in [-0.4, -0.2) is 46.2 Å². The van der Waals surface area contributed by atoms with Crippen molar-refractivity contribution in [3.05, 3.63) is 52.0 Å². The predicted molar refractivity (Wildman–Crippen MR) is 96.0 cm³/mol. The Morgan fingerprint density at radius 3 is 2.40 bits per heavy atom. The number of rotatable bonds is 5. The van der Waals surface area contributed by atoms with Crippen molar-refractivity contribution in [1.29, 1.82) is 0 Å². The molecule has 2 saturated heterocycles. The minimum absolute atomic E-state index is 0.00876. The molecule has 0 bridgehead atoms. The lowest BCUT2D eigenvalue weighted by Crippen LogP contribution is -2.37. The molecule has 0 N–H and O–H groups in total. The summed E-state index contributed by atoms with van der Waals surface area (Å²) < 4.78 is 0. The van der Waals surface area contributed by atoms with Crippen LogP contribution in [0.1, 0.15) is 16.1 Å². The molecule has 1 aromatic carbocycles. The van der Waals surface area contributed by atoms with Gasteiger partial charge < -0.3 is 0 Å². The molecule has 2 aliphatic heterocycles. The highest BCUT2D eigenvalue weighted by Crippen LogP contribution is 2.34. The number of nitrogens with zero attached hydrogens (tertiary/aromatic N) is 3. The number of aromatic nitrogens is 1. The Balaban J connectivity index is 1.38. The number of likely N-dealkylation sites (tertiary alicyclic amines) is 2. The number of benzene rings is 1. The number of carbonyl (C=O) groups is 2. The zero-order valence-electron chi connectivity index (χ0n) is 14.2. The fourth-order valence-electron chi connectivity index (χ4n) is 3.81. The number of imide groups is 1. The molecule has 0 unspecified atom stereocenters. The van der Waals surface area contributed by atoms with Gasteiger partial charge in [0.2, 0.25) is 11.8 Å². The van der Waals surface area contributed by atoms with Crippen LogP contribution < -0.4 is 0 Å². The van der Waals surface area contributed by atoms with E-state index in [2.05, 4.69) is 9.88 Å². The molecular formula is C19H21N3O2S. The van der Waals surface area contributed by atoms with Crippen molar-refractivity contribution in [2.75, 3.05) is 19.6 Å². The quantitative estimate of drug-likeness (QED) is 0.771. The number of carbonyl (C=O) groups excluding carboxylic acids is 2. The Labute approximate surface area is 151 Å². The lowest BCUT2D eigenvalue weighted by molar-refractivity contribution is -0.140. The highest BCUT2D eigenvalue weighted by atomic mass is 32.1. The molecule has 2 aromatic rings. The van der Waals surface area contributed by atoms with Crippen LogP contribution in [0.25, 0.3) is 0 Å². The second-order valence-corrected chi connectivity index (χ2v) is 7.77. The number of fused-ring (bicyclic) bond motifs is 1. The van der Waals surface area contributed by atoms with Crippen LogP contribution in [0.15, 0.2) is 35.8 Å². The molecule has 6 heteroatoms. The molecule has 5 nitrogen and oxygen atoms in total. The van der Waals surface area contributed by atoms with E-state index in [1.54, 1.807) is 11.3 Å². The summed E-state index contributed by atoms with van der Waals surface area (Å²) in [6.45, 7) is 4.63. The summed E-state index contributed by atoms with van der Waals surface area (Å²) in [5.41, 5.74) is 4.05. The lowest BCUT2D eigenvalue weighted by Gasteiger charge is -2.20. The number of hydrogen-bond acceptors (Lipinski definition) is 5. The third kappa shape index (κ3) is 3.12. The van der Waals surface area contributed by atoms with Crippen LogP contribution in [0.4, 0.5) is 0 Å². The molecule has 1 aromatic heterocycles. The van der Waals surface area contributed by atoms with Crippen molar-refractivity contribution in [3.63, 3.8) is 0 Å². The van der Waals surface area contributed by atoms with Crippen LogP contribution in [-0.2, 0) is 22.6 Å². The Kier molecular flexibility index (Phi) is 4.39. The van der Waals surface area contributed by atoms with Gasteiger partial charge in [-0.25, -0.2) is 4.98 Å². The number of amides is 2. The van der Waals surface area contributed by atoms with Gasteiger partial charge in [-0.2, -0.15) is 0 Å². The van der Waals surface area contributed by atoms with Gasteiger partial charge in [-0.1, -0.05) is 30.3 Å². The lowest BCUT2D eigenvalue weighted by atomic mass is 10.00. The summed E-state index contributed by atoms with van der Waals surface area (Å²) >= 11 is 1.64. The average molecular weight is 355 g/mol. The molecule has 25 heavy (non-hydrogen) atoms. The van der Waals surface area contributed by atoms with Crippen LogP contribution >= 0.6 is 11.3 Å². The fourth-order valence-corrected chi connectivity index (χ4v) is 4.63. The van der Waals surface area contributed by atoms with Crippen LogP contribution in [0, 0.1) is 18.8 Å². The van der Waals surface area contributed by atoms with Crippen molar-refractivity contribution in [1.82, 2.24) is 14.8 Å². The molecule has 0 radical (unpaired) electrons. The fraction of sp³-hybridized carbons (Fsp3) is 0.421. The van der Waals surface area contributed by atoms with E-state index >= 15 is 0 Å². The van der Waals surface area contributed by atoms with Crippen molar-refractivity contribution in [2.24, 2.45) is 11.8 Å². The third-order valence-corrected chi connectivity index (χ3v) is 6.16. The summed E-state index contributed by atoms with van der Waals surface area (Å²) in [7, 11) is 0. The zero-order chi connectivity index (χ0) is 17.4. The van der Waals surface area contributed by atoms with Gasteiger partial charge in [0.15, 0.2) is 0 Å². The summed E-state index contributed by atoms with van der Waals surface area (Å²) in [6, 6.07) is 10.0. The molecule has 130 valence electrons. The van der Waals surface area contributed by atoms with E-state index in [0.29, 0.717) is 19.6 Å². The van der Waals surface area contributed by atoms with Gasteiger partial charge in [0.05, 0.1) is 23.0 Å². The second kappa shape index (κ2) is 6.69. The van der Waals surface area contributed by atoms with Crippen LogP contribution in [0.2, 0.25) is 0 Å². The maximum atomic E-state index is 12.7. The number of aryl methyl sites for hydroxylation is 1. The van der Waals surface area contributed by atoms with Crippen molar-refractivity contribution in [2.45, 2.75) is 19.9 Å². The van der Waals surface area contributed by atoms with E-state index in [1.165, 1.54) is 9.78 Å². The molecule has 2 atom stereocenters. The molecule has 3 heterocycles. The molecule has 2 aliphatic rings. The maximum Gasteiger partial charge on any atom is 0.234 e. The van der Waals surface area contributed by atoms with E-state index in [0.717, 1.165) is 24.2 Å². The Morgan fingerprint density at radius 1 is 1.12 bits per heavy atom. The summed E-state index contributed by atoms with van der Waals surface area (Å²) in [5, 5.41) is 0. The van der Waals surface area contributed by atoms with E-state index in [1.807, 2.05) is 42.8 Å². The topological polar surface area (TPSA) is 53.5 Å². The van der Waals surface area contributed by atoms with Gasteiger partial charge in [0.1, 0.15) is 0 Å². The van der Waals surface area contributed by atoms with Crippen molar-refractivity contribution >= 4 is 23.2 Å². The number of hydrogen-bond donors (Lipinski definition) is 0. The predicted octanol–water partition coefficient (Wildman–Crippen LogP) is 2.11. The molecule has 4 rings (SSSR count). The van der Waals surface area contributed by atoms with E-state index < -0.39 is 0 Å². The van der Waals surface area contributed by atoms with Crippen molar-refractivity contribution < 1.29 is 9.59 Å². The van der Waals surface area contributed by atoms with Gasteiger partial charge in [-0.3, -0.25) is 19.4 Å². The first kappa shape index (κ1) is 16.4. The normalized spacial score (nSPS) is 23.5. The standard InChI is InChI=1S/C19H21N3O2S/c1-13-17(25-12-20-13)11-21-9-15-16(10-21)19(24)22(18(15)23)8-7-14-5-3-2-4-6-14/h2-6,12,15-16H,7-11H2,1H3/t15-,16+. The first-order chi connectivity index (χ1) is 12.1. The highest BCUT2D eigenvalue weighted by Gasteiger charge is 2.51. The Morgan fingerprint density at radius 2 is 1.80 bits per heavy atom. The van der Waals surface area contributed by atoms with Crippen LogP contribution in [0.5, 0.6) is 0 Å². The Bertz CT molecular complexity index is 765. The average Bonchev–Trinajstić information content (AvgIpc) is 3.27. The first-order valence-corrected chi connectivity index (χ1v) is 9.52. The van der Waals surface area contributed by atoms with Crippen molar-refractivity contribution in [3.8, 4) is 0 Å². The van der Waals surface area contributed by atoms with E-state index in [-0.39, 0.29) is 23.7 Å². The van der Waals surface area contributed by atoms with E-state index in [4.69, 9.17) is 0 Å². The van der Waals surface area contributed by atoms with Gasteiger partial charge in [0, 0.05) is 31.1 Å². The van der Waals surface area contributed by atoms with Gasteiger partial charge >= 0.3 is 0 Å². The maximum absolute atomic E-state index is 12.7. The summed E-state index contributed by atoms with van der Waals surface area (Å²) in [4.78, 5) is 34.6. The summed E-state index contributed by atoms with van der Waals surface area (Å²) in [6.07, 6.45) is 0.724. The molecule has 0 aliphatic carbocycles.